The van der Waals surface area contributed by atoms with Crippen LogP contribution in [0.1, 0.15) is 32.8 Å². The maximum Gasteiger partial charge on any atom is 0.222 e. The van der Waals surface area contributed by atoms with E-state index in [0.29, 0.717) is 24.5 Å². The largest absolute Gasteiger partial charge is 0.369 e. The Bertz CT molecular complexity index is 718. The number of aromatic nitrogens is 2. The number of nitriles is 1. The maximum atomic E-state index is 11.9. The van der Waals surface area contributed by atoms with Crippen molar-refractivity contribution in [2.75, 3.05) is 5.73 Å². The van der Waals surface area contributed by atoms with Gasteiger partial charge in [0.25, 0.3) is 0 Å². The predicted octanol–water partition coefficient (Wildman–Crippen LogP) is 1.79. The third-order valence-electron chi connectivity index (χ3n) is 2.98. The number of imidazole rings is 1. The second kappa shape index (κ2) is 5.44. The molecule has 0 fully saturated rings. The van der Waals surface area contributed by atoms with Crippen molar-refractivity contribution in [2.24, 2.45) is 0 Å². The second-order valence-corrected chi connectivity index (χ2v) is 5.99. The Labute approximate surface area is 123 Å². The van der Waals surface area contributed by atoms with E-state index < -0.39 is 0 Å². The molecule has 0 saturated carbocycles. The molecule has 1 aromatic carbocycles. The van der Waals surface area contributed by atoms with Gasteiger partial charge in [0.15, 0.2) is 0 Å². The highest BCUT2D eigenvalue weighted by molar-refractivity contribution is 5.81. The minimum Gasteiger partial charge on any atom is -0.369 e. The lowest BCUT2D eigenvalue weighted by Gasteiger charge is -2.20. The van der Waals surface area contributed by atoms with E-state index in [9.17, 15) is 4.79 Å². The molecule has 6 nitrogen and oxygen atoms in total. The summed E-state index contributed by atoms with van der Waals surface area (Å²) >= 11 is 0. The van der Waals surface area contributed by atoms with E-state index in [-0.39, 0.29) is 11.4 Å². The average Bonchev–Trinajstić information content (AvgIpc) is 2.69. The van der Waals surface area contributed by atoms with E-state index in [0.717, 1.165) is 11.0 Å². The van der Waals surface area contributed by atoms with Crippen molar-refractivity contribution >= 4 is 22.9 Å². The minimum atomic E-state index is -0.256. The summed E-state index contributed by atoms with van der Waals surface area (Å²) in [6.45, 7) is 6.24. The van der Waals surface area contributed by atoms with Gasteiger partial charge < -0.3 is 15.6 Å². The molecule has 0 bridgehead atoms. The highest BCUT2D eigenvalue weighted by Crippen LogP contribution is 2.19. The summed E-state index contributed by atoms with van der Waals surface area (Å²) in [6.07, 6.45) is 0.309. The number of aryl methyl sites for hydroxylation is 1. The van der Waals surface area contributed by atoms with Crippen LogP contribution in [0.4, 0.5) is 5.95 Å². The van der Waals surface area contributed by atoms with E-state index in [2.05, 4.69) is 16.4 Å². The summed E-state index contributed by atoms with van der Waals surface area (Å²) < 4.78 is 1.76. The number of hydrogen-bond donors (Lipinski definition) is 2. The Hall–Kier alpha value is -2.55. The SMILES string of the molecule is CC(C)(C)NC(=O)CCn1c(N)nc2ccc(C#N)cc21. The van der Waals surface area contributed by atoms with Crippen molar-refractivity contribution in [1.29, 1.82) is 5.26 Å². The summed E-state index contributed by atoms with van der Waals surface area (Å²) in [4.78, 5) is 16.1. The molecule has 1 heterocycles. The number of fused-ring (bicyclic) bond motifs is 1. The first-order valence-electron chi connectivity index (χ1n) is 6.77. The van der Waals surface area contributed by atoms with Gasteiger partial charge in [0, 0.05) is 18.5 Å². The van der Waals surface area contributed by atoms with E-state index in [1.165, 1.54) is 0 Å². The Morgan fingerprint density at radius 1 is 1.48 bits per heavy atom. The standard InChI is InChI=1S/C15H19N5O/c1-15(2,3)19-13(21)6-7-20-12-8-10(9-16)4-5-11(12)18-14(20)17/h4-5,8H,6-7H2,1-3H3,(H2,17,18)(H,19,21). The Kier molecular flexibility index (Phi) is 3.85. The topological polar surface area (TPSA) is 96.7 Å². The van der Waals surface area contributed by atoms with E-state index in [4.69, 9.17) is 11.0 Å². The van der Waals surface area contributed by atoms with Gasteiger partial charge in [0.1, 0.15) is 0 Å². The van der Waals surface area contributed by atoms with Gasteiger partial charge in [0.2, 0.25) is 11.9 Å². The highest BCUT2D eigenvalue weighted by atomic mass is 16.1. The number of rotatable bonds is 3. The molecule has 6 heteroatoms. The summed E-state index contributed by atoms with van der Waals surface area (Å²) in [5, 5.41) is 11.9. The van der Waals surface area contributed by atoms with Crippen LogP contribution in [-0.4, -0.2) is 21.0 Å². The molecule has 2 rings (SSSR count). The van der Waals surface area contributed by atoms with Crippen LogP contribution in [0.5, 0.6) is 0 Å². The van der Waals surface area contributed by atoms with Crippen LogP contribution in [0.2, 0.25) is 0 Å². The molecule has 3 N–H and O–H groups in total. The molecular weight excluding hydrogens is 266 g/mol. The molecule has 1 aromatic heterocycles. The normalized spacial score (nSPS) is 11.3. The molecule has 0 atom stereocenters. The number of nitrogen functional groups attached to an aromatic ring is 1. The Morgan fingerprint density at radius 2 is 2.19 bits per heavy atom. The third-order valence-corrected chi connectivity index (χ3v) is 2.98. The molecular formula is C15H19N5O. The Morgan fingerprint density at radius 3 is 2.81 bits per heavy atom. The van der Waals surface area contributed by atoms with E-state index >= 15 is 0 Å². The zero-order chi connectivity index (χ0) is 15.6. The number of amides is 1. The van der Waals surface area contributed by atoms with Crippen LogP contribution in [0.15, 0.2) is 18.2 Å². The van der Waals surface area contributed by atoms with Crippen molar-refractivity contribution in [2.45, 2.75) is 39.3 Å². The predicted molar refractivity (Wildman–Crippen MR) is 81.4 cm³/mol. The van der Waals surface area contributed by atoms with Gasteiger partial charge in [-0.1, -0.05) is 0 Å². The maximum absolute atomic E-state index is 11.9. The van der Waals surface area contributed by atoms with E-state index in [1.807, 2.05) is 20.8 Å². The number of anilines is 1. The van der Waals surface area contributed by atoms with Crippen molar-refractivity contribution in [1.82, 2.24) is 14.9 Å². The number of carbonyl (C=O) groups excluding carboxylic acids is 1. The van der Waals surface area contributed by atoms with Gasteiger partial charge in [0.05, 0.1) is 22.7 Å². The number of hydrogen-bond acceptors (Lipinski definition) is 4. The van der Waals surface area contributed by atoms with Crippen LogP contribution >= 0.6 is 0 Å². The van der Waals surface area contributed by atoms with Gasteiger partial charge in [-0.3, -0.25) is 4.79 Å². The molecule has 1 amide bonds. The first kappa shape index (κ1) is 14.9. The molecule has 2 aromatic rings. The zero-order valence-corrected chi connectivity index (χ0v) is 12.5. The van der Waals surface area contributed by atoms with Gasteiger partial charge in [-0.25, -0.2) is 4.98 Å². The number of carbonyl (C=O) groups is 1. The fourth-order valence-corrected chi connectivity index (χ4v) is 2.14. The molecule has 0 radical (unpaired) electrons. The molecule has 0 unspecified atom stereocenters. The zero-order valence-electron chi connectivity index (χ0n) is 12.5. The molecule has 21 heavy (non-hydrogen) atoms. The quantitative estimate of drug-likeness (QED) is 0.898. The first-order chi connectivity index (χ1) is 9.80. The molecule has 0 spiro atoms. The van der Waals surface area contributed by atoms with Crippen LogP contribution in [-0.2, 0) is 11.3 Å². The second-order valence-electron chi connectivity index (χ2n) is 5.99. The minimum absolute atomic E-state index is 0.0415. The van der Waals surface area contributed by atoms with Crippen LogP contribution in [0.25, 0.3) is 11.0 Å². The van der Waals surface area contributed by atoms with Crippen LogP contribution in [0, 0.1) is 11.3 Å². The molecule has 110 valence electrons. The smallest absolute Gasteiger partial charge is 0.222 e. The van der Waals surface area contributed by atoms with Crippen LogP contribution in [0.3, 0.4) is 0 Å². The van der Waals surface area contributed by atoms with Gasteiger partial charge >= 0.3 is 0 Å². The molecule has 0 saturated heterocycles. The van der Waals surface area contributed by atoms with Crippen molar-refractivity contribution in [3.8, 4) is 6.07 Å². The molecule has 0 aliphatic heterocycles. The monoisotopic (exact) mass is 285 g/mol. The number of benzene rings is 1. The molecule has 0 aliphatic rings. The lowest BCUT2D eigenvalue weighted by Crippen LogP contribution is -2.40. The fraction of sp³-hybridized carbons (Fsp3) is 0.400. The summed E-state index contributed by atoms with van der Waals surface area (Å²) in [7, 11) is 0. The third kappa shape index (κ3) is 3.51. The van der Waals surface area contributed by atoms with Crippen LogP contribution < -0.4 is 11.1 Å². The van der Waals surface area contributed by atoms with E-state index in [1.54, 1.807) is 22.8 Å². The van der Waals surface area contributed by atoms with Crippen molar-refractivity contribution in [3.63, 3.8) is 0 Å². The summed E-state index contributed by atoms with van der Waals surface area (Å²) in [5.41, 5.74) is 7.68. The lowest BCUT2D eigenvalue weighted by atomic mass is 10.1. The first-order valence-corrected chi connectivity index (χ1v) is 6.77. The van der Waals surface area contributed by atoms with Crippen molar-refractivity contribution in [3.05, 3.63) is 23.8 Å². The Balaban J connectivity index is 2.20. The summed E-state index contributed by atoms with van der Waals surface area (Å²) in [6, 6.07) is 7.29. The highest BCUT2D eigenvalue weighted by Gasteiger charge is 2.15. The average molecular weight is 285 g/mol. The lowest BCUT2D eigenvalue weighted by molar-refractivity contribution is -0.122. The molecule has 0 aliphatic carbocycles. The number of nitrogens with one attached hydrogen (secondary N) is 1. The number of nitrogens with two attached hydrogens (primary N) is 1. The van der Waals surface area contributed by atoms with Gasteiger partial charge in [-0.2, -0.15) is 5.26 Å². The van der Waals surface area contributed by atoms with Gasteiger partial charge in [-0.15, -0.1) is 0 Å². The number of nitrogens with zero attached hydrogens (tertiary/aromatic N) is 3. The summed E-state index contributed by atoms with van der Waals surface area (Å²) in [5.74, 6) is 0.309. The van der Waals surface area contributed by atoms with Crippen molar-refractivity contribution < 1.29 is 4.79 Å². The fourth-order valence-electron chi connectivity index (χ4n) is 2.14. The van der Waals surface area contributed by atoms with Gasteiger partial charge in [-0.05, 0) is 39.0 Å².